The number of carbonyl (C=O) groups is 1. The number of carbonyl (C=O) groups excluding carboxylic acids is 1. The molecule has 1 fully saturated rings. The van der Waals surface area contributed by atoms with Gasteiger partial charge in [-0.3, -0.25) is 0 Å². The van der Waals surface area contributed by atoms with Crippen LogP contribution >= 0.6 is 11.3 Å². The van der Waals surface area contributed by atoms with E-state index in [1.54, 1.807) is 23.2 Å². The van der Waals surface area contributed by atoms with E-state index in [1.807, 2.05) is 29.6 Å². The molecule has 2 amide bonds. The summed E-state index contributed by atoms with van der Waals surface area (Å²) in [5.41, 5.74) is 0.831. The van der Waals surface area contributed by atoms with E-state index in [4.69, 9.17) is 9.15 Å². The summed E-state index contributed by atoms with van der Waals surface area (Å²) in [6.07, 6.45) is -0.384. The fourth-order valence-corrected chi connectivity index (χ4v) is 3.59. The van der Waals surface area contributed by atoms with E-state index >= 15 is 0 Å². The van der Waals surface area contributed by atoms with Crippen molar-refractivity contribution in [3.8, 4) is 0 Å². The molecule has 0 radical (unpaired) electrons. The molecule has 124 valence electrons. The van der Waals surface area contributed by atoms with Gasteiger partial charge in [-0.05, 0) is 6.07 Å². The number of aryl methyl sites for hydroxylation is 1. The molecule has 8 heteroatoms. The van der Waals surface area contributed by atoms with Crippen LogP contribution < -0.4 is 5.32 Å². The number of nitrogens with one attached hydrogen (secondary N) is 1. The van der Waals surface area contributed by atoms with Crippen molar-refractivity contribution < 1.29 is 13.9 Å². The quantitative estimate of drug-likeness (QED) is 0.772. The number of nitrogens with zero attached hydrogens (tertiary/aromatic N) is 3. The summed E-state index contributed by atoms with van der Waals surface area (Å²) in [6, 6.07) is 7.85. The van der Waals surface area contributed by atoms with Gasteiger partial charge in [0.1, 0.15) is 0 Å². The van der Waals surface area contributed by atoms with Crippen LogP contribution in [0.25, 0.3) is 10.1 Å². The average molecular weight is 344 g/mol. The Balaban J connectivity index is 1.48. The van der Waals surface area contributed by atoms with Gasteiger partial charge in [0.15, 0.2) is 6.10 Å². The lowest BCUT2D eigenvalue weighted by Gasteiger charge is -2.31. The molecule has 2 aromatic heterocycles. The molecule has 0 saturated carbocycles. The molecule has 1 unspecified atom stereocenters. The summed E-state index contributed by atoms with van der Waals surface area (Å²) in [6.45, 7) is 3.07. The van der Waals surface area contributed by atoms with E-state index in [2.05, 4.69) is 15.5 Å². The summed E-state index contributed by atoms with van der Waals surface area (Å²) in [5.74, 6) is 0.894. The van der Waals surface area contributed by atoms with Gasteiger partial charge in [0, 0.05) is 28.9 Å². The Labute approximate surface area is 142 Å². The number of urea groups is 1. The van der Waals surface area contributed by atoms with E-state index in [-0.39, 0.29) is 12.1 Å². The van der Waals surface area contributed by atoms with Crippen LogP contribution in [-0.2, 0) is 4.74 Å². The van der Waals surface area contributed by atoms with Crippen molar-refractivity contribution >= 4 is 33.1 Å². The molecule has 1 aliphatic heterocycles. The summed E-state index contributed by atoms with van der Waals surface area (Å²) < 4.78 is 12.2. The van der Waals surface area contributed by atoms with Crippen molar-refractivity contribution in [1.82, 2.24) is 15.1 Å². The lowest BCUT2D eigenvalue weighted by molar-refractivity contribution is -0.0274. The smallest absolute Gasteiger partial charge is 0.322 e. The first-order chi connectivity index (χ1) is 11.7. The van der Waals surface area contributed by atoms with Crippen molar-refractivity contribution in [3.63, 3.8) is 0 Å². The highest BCUT2D eigenvalue weighted by Gasteiger charge is 2.29. The minimum atomic E-state index is -0.384. The van der Waals surface area contributed by atoms with Gasteiger partial charge in [-0.25, -0.2) is 4.79 Å². The SMILES string of the molecule is Cc1nnc(C2CN(C(=O)Nc3csc4ccccc34)CCO2)o1. The molecule has 3 heterocycles. The Hall–Kier alpha value is -2.45. The van der Waals surface area contributed by atoms with Gasteiger partial charge in [-0.1, -0.05) is 18.2 Å². The van der Waals surface area contributed by atoms with Crippen molar-refractivity contribution in [3.05, 3.63) is 41.4 Å². The maximum Gasteiger partial charge on any atom is 0.322 e. The van der Waals surface area contributed by atoms with Crippen LogP contribution in [0.1, 0.15) is 17.9 Å². The number of hydrogen-bond donors (Lipinski definition) is 1. The van der Waals surface area contributed by atoms with E-state index in [1.165, 1.54) is 0 Å². The first-order valence-corrected chi connectivity index (χ1v) is 8.52. The molecule has 0 aliphatic carbocycles. The van der Waals surface area contributed by atoms with Crippen molar-refractivity contribution in [2.24, 2.45) is 0 Å². The lowest BCUT2D eigenvalue weighted by atomic mass is 10.2. The highest BCUT2D eigenvalue weighted by atomic mass is 32.1. The van der Waals surface area contributed by atoms with Crippen LogP contribution in [0.15, 0.2) is 34.1 Å². The standard InChI is InChI=1S/C16H16N4O3S/c1-10-18-19-15(23-10)13-8-20(6-7-22-13)16(21)17-12-9-24-14-5-3-2-4-11(12)14/h2-5,9,13H,6-8H2,1H3,(H,17,21). The number of rotatable bonds is 2. The Kier molecular flexibility index (Phi) is 3.91. The molecule has 1 aliphatic rings. The molecule has 7 nitrogen and oxygen atoms in total. The second-order valence-electron chi connectivity index (χ2n) is 5.54. The number of anilines is 1. The van der Waals surface area contributed by atoms with Crippen LogP contribution in [0.4, 0.5) is 10.5 Å². The van der Waals surface area contributed by atoms with Gasteiger partial charge in [0.2, 0.25) is 11.8 Å². The zero-order valence-electron chi connectivity index (χ0n) is 13.1. The van der Waals surface area contributed by atoms with Gasteiger partial charge < -0.3 is 19.4 Å². The van der Waals surface area contributed by atoms with E-state index in [0.717, 1.165) is 15.8 Å². The third-order valence-corrected chi connectivity index (χ3v) is 4.86. The van der Waals surface area contributed by atoms with Gasteiger partial charge >= 0.3 is 6.03 Å². The average Bonchev–Trinajstić information content (AvgIpc) is 3.22. The summed E-state index contributed by atoms with van der Waals surface area (Å²) in [4.78, 5) is 14.3. The molecule has 0 bridgehead atoms. The van der Waals surface area contributed by atoms with E-state index in [9.17, 15) is 4.79 Å². The van der Waals surface area contributed by atoms with E-state index in [0.29, 0.717) is 31.5 Å². The van der Waals surface area contributed by atoms with E-state index < -0.39 is 0 Å². The van der Waals surface area contributed by atoms with Gasteiger partial charge in [0.25, 0.3) is 0 Å². The number of morpholine rings is 1. The predicted molar refractivity (Wildman–Crippen MR) is 90.1 cm³/mol. The number of aromatic nitrogens is 2. The third-order valence-electron chi connectivity index (χ3n) is 3.89. The van der Waals surface area contributed by atoms with Crippen LogP contribution in [-0.4, -0.2) is 40.8 Å². The van der Waals surface area contributed by atoms with Crippen LogP contribution in [0.2, 0.25) is 0 Å². The number of amides is 2. The van der Waals surface area contributed by atoms with Gasteiger partial charge in [0.05, 0.1) is 18.8 Å². The zero-order chi connectivity index (χ0) is 16.5. The summed E-state index contributed by atoms with van der Waals surface area (Å²) in [7, 11) is 0. The highest BCUT2D eigenvalue weighted by molar-refractivity contribution is 7.17. The molecule has 1 saturated heterocycles. The normalized spacial score (nSPS) is 18.0. The largest absolute Gasteiger partial charge is 0.423 e. The van der Waals surface area contributed by atoms with Crippen molar-refractivity contribution in [2.45, 2.75) is 13.0 Å². The summed E-state index contributed by atoms with van der Waals surface area (Å²) >= 11 is 1.61. The van der Waals surface area contributed by atoms with Crippen molar-refractivity contribution in [2.75, 3.05) is 25.0 Å². The number of ether oxygens (including phenoxy) is 1. The number of benzene rings is 1. The molecule has 24 heavy (non-hydrogen) atoms. The van der Waals surface area contributed by atoms with Crippen LogP contribution in [0.5, 0.6) is 0 Å². The molecule has 4 rings (SSSR count). The Morgan fingerprint density at radius 1 is 1.38 bits per heavy atom. The Morgan fingerprint density at radius 3 is 3.08 bits per heavy atom. The van der Waals surface area contributed by atoms with Gasteiger partial charge in [-0.2, -0.15) is 0 Å². The molecular formula is C16H16N4O3S. The maximum atomic E-state index is 12.6. The minimum Gasteiger partial charge on any atom is -0.423 e. The van der Waals surface area contributed by atoms with Crippen LogP contribution in [0.3, 0.4) is 0 Å². The maximum absolute atomic E-state index is 12.6. The fourth-order valence-electron chi connectivity index (χ4n) is 2.69. The van der Waals surface area contributed by atoms with Crippen molar-refractivity contribution in [1.29, 1.82) is 0 Å². The molecule has 3 aromatic rings. The lowest BCUT2D eigenvalue weighted by Crippen LogP contribution is -2.44. The molecule has 1 atom stereocenters. The molecular weight excluding hydrogens is 328 g/mol. The Morgan fingerprint density at radius 2 is 2.25 bits per heavy atom. The molecule has 0 spiro atoms. The summed E-state index contributed by atoms with van der Waals surface area (Å²) in [5, 5.41) is 13.8. The first kappa shape index (κ1) is 15.1. The number of fused-ring (bicyclic) bond motifs is 1. The third kappa shape index (κ3) is 2.85. The number of thiophene rings is 1. The highest BCUT2D eigenvalue weighted by Crippen LogP contribution is 2.30. The Bertz CT molecular complexity index is 875. The van der Waals surface area contributed by atoms with Crippen LogP contribution in [0, 0.1) is 6.92 Å². The van der Waals surface area contributed by atoms with Gasteiger partial charge in [-0.15, -0.1) is 21.5 Å². The number of hydrogen-bond acceptors (Lipinski definition) is 6. The molecule has 1 aromatic carbocycles. The second kappa shape index (κ2) is 6.21. The zero-order valence-corrected chi connectivity index (χ0v) is 13.9. The monoisotopic (exact) mass is 344 g/mol. The molecule has 1 N–H and O–H groups in total. The topological polar surface area (TPSA) is 80.5 Å². The minimum absolute atomic E-state index is 0.150. The predicted octanol–water partition coefficient (Wildman–Crippen LogP) is 3.20. The second-order valence-corrected chi connectivity index (χ2v) is 6.45. The fraction of sp³-hybridized carbons (Fsp3) is 0.312. The first-order valence-electron chi connectivity index (χ1n) is 7.64.